The molecule has 0 aliphatic carbocycles. The van der Waals surface area contributed by atoms with Crippen molar-refractivity contribution in [3.05, 3.63) is 69.7 Å². The highest BCUT2D eigenvalue weighted by molar-refractivity contribution is 6.31. The average molecular weight is 288 g/mol. The van der Waals surface area contributed by atoms with Crippen LogP contribution in [-0.2, 0) is 0 Å². The van der Waals surface area contributed by atoms with Crippen molar-refractivity contribution in [2.45, 2.75) is 39.8 Å². The summed E-state index contributed by atoms with van der Waals surface area (Å²) < 4.78 is 0. The Labute approximate surface area is 127 Å². The van der Waals surface area contributed by atoms with E-state index in [1.807, 2.05) is 18.2 Å². The molecule has 0 fully saturated rings. The molecular formula is C18H22ClN. The van der Waals surface area contributed by atoms with E-state index in [9.17, 15) is 0 Å². The van der Waals surface area contributed by atoms with Crippen LogP contribution in [0.1, 0.15) is 48.2 Å². The van der Waals surface area contributed by atoms with E-state index in [4.69, 9.17) is 11.6 Å². The molecule has 2 aromatic rings. The smallest absolute Gasteiger partial charge is 0.0453 e. The lowest BCUT2D eigenvalue weighted by atomic mass is 9.98. The summed E-state index contributed by atoms with van der Waals surface area (Å²) in [7, 11) is 0. The predicted molar refractivity (Wildman–Crippen MR) is 87.3 cm³/mol. The van der Waals surface area contributed by atoms with Crippen molar-refractivity contribution in [2.24, 2.45) is 0 Å². The molecule has 0 radical (unpaired) electrons. The Hall–Kier alpha value is -1.31. The van der Waals surface area contributed by atoms with E-state index >= 15 is 0 Å². The van der Waals surface area contributed by atoms with Crippen LogP contribution in [-0.4, -0.2) is 0 Å². The molecule has 106 valence electrons. The normalized spacial score (nSPS) is 14.1. The van der Waals surface area contributed by atoms with Gasteiger partial charge in [0.1, 0.15) is 0 Å². The van der Waals surface area contributed by atoms with Gasteiger partial charge in [-0.3, -0.25) is 0 Å². The van der Waals surface area contributed by atoms with E-state index < -0.39 is 0 Å². The molecule has 0 saturated heterocycles. The van der Waals surface area contributed by atoms with Gasteiger partial charge in [-0.15, -0.1) is 0 Å². The maximum atomic E-state index is 6.27. The van der Waals surface area contributed by atoms with Gasteiger partial charge in [0.05, 0.1) is 0 Å². The third kappa shape index (κ3) is 3.41. The van der Waals surface area contributed by atoms with E-state index in [0.29, 0.717) is 6.04 Å². The van der Waals surface area contributed by atoms with Crippen molar-refractivity contribution >= 4 is 11.6 Å². The molecule has 0 aromatic heterocycles. The van der Waals surface area contributed by atoms with Crippen LogP contribution in [0.15, 0.2) is 42.5 Å². The Morgan fingerprint density at radius 1 is 0.900 bits per heavy atom. The maximum absolute atomic E-state index is 6.27. The fourth-order valence-electron chi connectivity index (χ4n) is 2.61. The van der Waals surface area contributed by atoms with Crippen LogP contribution in [0.4, 0.5) is 0 Å². The summed E-state index contributed by atoms with van der Waals surface area (Å²) in [6.07, 6.45) is 0. The van der Waals surface area contributed by atoms with Gasteiger partial charge in [-0.1, -0.05) is 53.6 Å². The van der Waals surface area contributed by atoms with E-state index in [1.165, 1.54) is 16.7 Å². The second kappa shape index (κ2) is 6.43. The highest BCUT2D eigenvalue weighted by atomic mass is 35.5. The minimum absolute atomic E-state index is 0.221. The minimum Gasteiger partial charge on any atom is -0.304 e. The minimum atomic E-state index is 0.221. The highest BCUT2D eigenvalue weighted by Crippen LogP contribution is 2.26. The second-order valence-corrected chi connectivity index (χ2v) is 5.90. The molecule has 0 heterocycles. The molecule has 0 spiro atoms. The van der Waals surface area contributed by atoms with Crippen LogP contribution in [0.5, 0.6) is 0 Å². The van der Waals surface area contributed by atoms with Crippen LogP contribution in [0.3, 0.4) is 0 Å². The summed E-state index contributed by atoms with van der Waals surface area (Å²) in [6.45, 7) is 8.65. The third-order valence-corrected chi connectivity index (χ3v) is 4.12. The lowest BCUT2D eigenvalue weighted by Gasteiger charge is -2.23. The molecule has 0 bridgehead atoms. The zero-order valence-corrected chi connectivity index (χ0v) is 13.3. The van der Waals surface area contributed by atoms with Gasteiger partial charge in [-0.25, -0.2) is 0 Å². The number of hydrogen-bond acceptors (Lipinski definition) is 1. The van der Waals surface area contributed by atoms with Crippen molar-refractivity contribution in [1.82, 2.24) is 5.32 Å². The summed E-state index contributed by atoms with van der Waals surface area (Å²) in [5.74, 6) is 0. The molecule has 2 atom stereocenters. The molecule has 1 unspecified atom stereocenters. The Bertz CT molecular complexity index is 592. The molecule has 1 nitrogen and oxygen atoms in total. The number of nitrogens with one attached hydrogen (secondary N) is 1. The van der Waals surface area contributed by atoms with Gasteiger partial charge >= 0.3 is 0 Å². The molecule has 0 aliphatic rings. The first-order valence-corrected chi connectivity index (χ1v) is 7.44. The van der Waals surface area contributed by atoms with Gasteiger partial charge in [0, 0.05) is 17.1 Å². The van der Waals surface area contributed by atoms with Crippen LogP contribution >= 0.6 is 11.6 Å². The van der Waals surface area contributed by atoms with E-state index in [2.05, 4.69) is 57.3 Å². The lowest BCUT2D eigenvalue weighted by Crippen LogP contribution is -2.23. The standard InChI is InChI=1S/C18H22ClN/c1-12-9-10-13(2)17(11-12)15(4)20-14(3)16-7-5-6-8-18(16)19/h5-11,14-15,20H,1-4H3/t14-,15?/m1/s1. The van der Waals surface area contributed by atoms with Gasteiger partial charge in [0.15, 0.2) is 0 Å². The molecule has 1 N–H and O–H groups in total. The summed E-state index contributed by atoms with van der Waals surface area (Å²) in [5, 5.41) is 4.46. The number of halogens is 1. The Morgan fingerprint density at radius 2 is 1.55 bits per heavy atom. The van der Waals surface area contributed by atoms with Gasteiger partial charge in [-0.05, 0) is 50.5 Å². The molecule has 0 aliphatic heterocycles. The third-order valence-electron chi connectivity index (χ3n) is 3.77. The molecule has 2 heteroatoms. The van der Waals surface area contributed by atoms with Gasteiger partial charge in [0.25, 0.3) is 0 Å². The van der Waals surface area contributed by atoms with Gasteiger partial charge in [-0.2, -0.15) is 0 Å². The molecule has 2 aromatic carbocycles. The molecular weight excluding hydrogens is 266 g/mol. The Balaban J connectivity index is 2.17. The summed E-state index contributed by atoms with van der Waals surface area (Å²) >= 11 is 6.27. The van der Waals surface area contributed by atoms with Crippen molar-refractivity contribution in [3.8, 4) is 0 Å². The van der Waals surface area contributed by atoms with Crippen molar-refractivity contribution in [2.75, 3.05) is 0 Å². The van der Waals surface area contributed by atoms with Crippen LogP contribution in [0.25, 0.3) is 0 Å². The molecule has 20 heavy (non-hydrogen) atoms. The van der Waals surface area contributed by atoms with E-state index in [1.54, 1.807) is 0 Å². The number of rotatable bonds is 4. The predicted octanol–water partition coefficient (Wildman–Crippen LogP) is 5.37. The van der Waals surface area contributed by atoms with Crippen molar-refractivity contribution < 1.29 is 0 Å². The monoisotopic (exact) mass is 287 g/mol. The largest absolute Gasteiger partial charge is 0.304 e. The number of benzene rings is 2. The quantitative estimate of drug-likeness (QED) is 0.797. The summed E-state index contributed by atoms with van der Waals surface area (Å²) in [5.41, 5.74) is 5.11. The zero-order valence-electron chi connectivity index (χ0n) is 12.6. The average Bonchev–Trinajstić information content (AvgIpc) is 2.41. The first-order valence-electron chi connectivity index (χ1n) is 7.06. The first-order chi connectivity index (χ1) is 9.49. The van der Waals surface area contributed by atoms with Gasteiger partial charge < -0.3 is 5.32 Å². The number of hydrogen-bond donors (Lipinski definition) is 1. The summed E-state index contributed by atoms with van der Waals surface area (Å²) in [4.78, 5) is 0. The lowest BCUT2D eigenvalue weighted by molar-refractivity contribution is 0.493. The van der Waals surface area contributed by atoms with Gasteiger partial charge in [0.2, 0.25) is 0 Å². The Kier molecular flexibility index (Phi) is 4.85. The van der Waals surface area contributed by atoms with Crippen LogP contribution in [0, 0.1) is 13.8 Å². The first kappa shape index (κ1) is 15.1. The number of aryl methyl sites for hydroxylation is 2. The van der Waals surface area contributed by atoms with E-state index in [-0.39, 0.29) is 6.04 Å². The van der Waals surface area contributed by atoms with Crippen LogP contribution in [0.2, 0.25) is 5.02 Å². The zero-order chi connectivity index (χ0) is 14.7. The SMILES string of the molecule is Cc1ccc(C)c(C(C)N[C@H](C)c2ccccc2Cl)c1. The van der Waals surface area contributed by atoms with Crippen molar-refractivity contribution in [3.63, 3.8) is 0 Å². The second-order valence-electron chi connectivity index (χ2n) is 5.49. The summed E-state index contributed by atoms with van der Waals surface area (Å²) in [6, 6.07) is 15.1. The molecule has 0 amide bonds. The highest BCUT2D eigenvalue weighted by Gasteiger charge is 2.14. The van der Waals surface area contributed by atoms with Crippen LogP contribution < -0.4 is 5.32 Å². The fraction of sp³-hybridized carbons (Fsp3) is 0.333. The molecule has 0 saturated carbocycles. The van der Waals surface area contributed by atoms with Crippen molar-refractivity contribution in [1.29, 1.82) is 0 Å². The molecule has 2 rings (SSSR count). The fourth-order valence-corrected chi connectivity index (χ4v) is 2.91. The van der Waals surface area contributed by atoms with E-state index in [0.717, 1.165) is 10.6 Å². The maximum Gasteiger partial charge on any atom is 0.0453 e. The topological polar surface area (TPSA) is 12.0 Å². The Morgan fingerprint density at radius 3 is 2.25 bits per heavy atom.